The first-order valence-electron chi connectivity index (χ1n) is 4.99. The fraction of sp³-hybridized carbons (Fsp3) is 0.0769. The maximum Gasteiger partial charge on any atom is 0.250 e. The number of pyridine rings is 1. The minimum absolute atomic E-state index is 0.450. The molecule has 2 rings (SSSR count). The first-order chi connectivity index (χ1) is 7.68. The van der Waals surface area contributed by atoms with Gasteiger partial charge in [-0.3, -0.25) is 9.78 Å². The van der Waals surface area contributed by atoms with Gasteiger partial charge in [-0.2, -0.15) is 0 Å². The van der Waals surface area contributed by atoms with Crippen molar-refractivity contribution in [2.45, 2.75) is 6.92 Å². The number of rotatable bonds is 2. The third-order valence-electron chi connectivity index (χ3n) is 2.45. The predicted octanol–water partition coefficient (Wildman–Crippen LogP) is 2.16. The summed E-state index contributed by atoms with van der Waals surface area (Å²) in [5, 5.41) is 0. The van der Waals surface area contributed by atoms with E-state index in [9.17, 15) is 4.79 Å². The third-order valence-corrected chi connectivity index (χ3v) is 2.45. The van der Waals surface area contributed by atoms with E-state index in [1.165, 1.54) is 11.8 Å². The van der Waals surface area contributed by atoms with Crippen LogP contribution in [0.25, 0.3) is 11.1 Å². The normalized spacial score (nSPS) is 10.1. The van der Waals surface area contributed by atoms with Crippen molar-refractivity contribution in [1.29, 1.82) is 0 Å². The van der Waals surface area contributed by atoms with Gasteiger partial charge in [0.05, 0.1) is 5.56 Å². The van der Waals surface area contributed by atoms with Crippen LogP contribution in [0.3, 0.4) is 0 Å². The van der Waals surface area contributed by atoms with E-state index in [1.54, 1.807) is 12.3 Å². The van der Waals surface area contributed by atoms with Gasteiger partial charge < -0.3 is 5.73 Å². The van der Waals surface area contributed by atoms with Crippen molar-refractivity contribution < 1.29 is 4.79 Å². The Morgan fingerprint density at radius 1 is 1.19 bits per heavy atom. The average molecular weight is 212 g/mol. The van der Waals surface area contributed by atoms with Crippen molar-refractivity contribution in [2.24, 2.45) is 5.73 Å². The molecule has 0 fully saturated rings. The Morgan fingerprint density at radius 2 is 1.88 bits per heavy atom. The van der Waals surface area contributed by atoms with Gasteiger partial charge in [0.15, 0.2) is 0 Å². The van der Waals surface area contributed by atoms with Crippen LogP contribution in [-0.4, -0.2) is 10.9 Å². The van der Waals surface area contributed by atoms with Crippen LogP contribution in [-0.2, 0) is 0 Å². The van der Waals surface area contributed by atoms with Gasteiger partial charge >= 0.3 is 0 Å². The van der Waals surface area contributed by atoms with Crippen molar-refractivity contribution in [3.8, 4) is 11.1 Å². The van der Waals surface area contributed by atoms with E-state index in [1.807, 2.05) is 31.2 Å². The highest BCUT2D eigenvalue weighted by molar-refractivity contribution is 5.99. The second kappa shape index (κ2) is 4.14. The molecule has 0 aliphatic heterocycles. The van der Waals surface area contributed by atoms with Crippen molar-refractivity contribution in [1.82, 2.24) is 4.98 Å². The highest BCUT2D eigenvalue weighted by Crippen LogP contribution is 2.22. The predicted molar refractivity (Wildman–Crippen MR) is 62.9 cm³/mol. The van der Waals surface area contributed by atoms with Crippen molar-refractivity contribution in [3.63, 3.8) is 0 Å². The van der Waals surface area contributed by atoms with E-state index in [0.717, 1.165) is 11.1 Å². The van der Waals surface area contributed by atoms with Crippen LogP contribution in [0.2, 0.25) is 0 Å². The Bertz CT molecular complexity index is 518. The van der Waals surface area contributed by atoms with Crippen molar-refractivity contribution in [3.05, 3.63) is 53.9 Å². The molecule has 2 aromatic rings. The number of nitrogens with zero attached hydrogens (tertiary/aromatic N) is 1. The van der Waals surface area contributed by atoms with Gasteiger partial charge in [0, 0.05) is 12.4 Å². The molecule has 0 atom stereocenters. The van der Waals surface area contributed by atoms with E-state index < -0.39 is 5.91 Å². The van der Waals surface area contributed by atoms with E-state index in [2.05, 4.69) is 4.98 Å². The molecule has 3 heteroatoms. The fourth-order valence-corrected chi connectivity index (χ4v) is 1.58. The van der Waals surface area contributed by atoms with Crippen LogP contribution in [0.4, 0.5) is 0 Å². The molecule has 16 heavy (non-hydrogen) atoms. The van der Waals surface area contributed by atoms with Gasteiger partial charge in [0.25, 0.3) is 5.91 Å². The second-order valence-corrected chi connectivity index (χ2v) is 3.65. The number of aromatic nitrogens is 1. The van der Waals surface area contributed by atoms with Crippen LogP contribution in [0.5, 0.6) is 0 Å². The van der Waals surface area contributed by atoms with Crippen molar-refractivity contribution in [2.75, 3.05) is 0 Å². The molecule has 1 amide bonds. The standard InChI is InChI=1S/C13H12N2O/c1-9-2-4-10(5-3-9)11-6-7-15-8-12(11)13(14)16/h2-8H,1H3,(H2,14,16). The Hall–Kier alpha value is -2.16. The number of hydrogen-bond donors (Lipinski definition) is 1. The molecule has 0 unspecified atom stereocenters. The molecule has 0 aliphatic rings. The number of aryl methyl sites for hydroxylation is 1. The number of nitrogens with two attached hydrogens (primary N) is 1. The summed E-state index contributed by atoms with van der Waals surface area (Å²) in [6.07, 6.45) is 3.15. The van der Waals surface area contributed by atoms with Crippen LogP contribution in [0.1, 0.15) is 15.9 Å². The number of hydrogen-bond acceptors (Lipinski definition) is 2. The lowest BCUT2D eigenvalue weighted by Crippen LogP contribution is -2.12. The zero-order valence-electron chi connectivity index (χ0n) is 8.97. The molecule has 1 aromatic heterocycles. The van der Waals surface area contributed by atoms with Crippen molar-refractivity contribution >= 4 is 5.91 Å². The molecule has 80 valence electrons. The zero-order valence-corrected chi connectivity index (χ0v) is 8.97. The molecule has 1 heterocycles. The van der Waals surface area contributed by atoms with Gasteiger partial charge in [0.2, 0.25) is 0 Å². The maximum absolute atomic E-state index is 11.2. The summed E-state index contributed by atoms with van der Waals surface area (Å²) in [5.41, 5.74) is 8.73. The molecule has 0 saturated carbocycles. The van der Waals surface area contributed by atoms with Crippen LogP contribution in [0, 0.1) is 6.92 Å². The molecule has 0 bridgehead atoms. The number of carbonyl (C=O) groups excluding carboxylic acids is 1. The van der Waals surface area contributed by atoms with Gasteiger partial charge in [-0.05, 0) is 24.1 Å². The molecule has 2 N–H and O–H groups in total. The Balaban J connectivity index is 2.55. The molecule has 3 nitrogen and oxygen atoms in total. The Kier molecular flexibility index (Phi) is 2.68. The van der Waals surface area contributed by atoms with E-state index in [0.29, 0.717) is 5.56 Å². The largest absolute Gasteiger partial charge is 0.366 e. The lowest BCUT2D eigenvalue weighted by atomic mass is 10.0. The number of carbonyl (C=O) groups is 1. The molecule has 0 spiro atoms. The monoisotopic (exact) mass is 212 g/mol. The van der Waals surface area contributed by atoms with E-state index in [4.69, 9.17) is 5.73 Å². The summed E-state index contributed by atoms with van der Waals surface area (Å²) in [6, 6.07) is 9.74. The number of primary amides is 1. The summed E-state index contributed by atoms with van der Waals surface area (Å²) >= 11 is 0. The fourth-order valence-electron chi connectivity index (χ4n) is 1.58. The van der Waals surface area contributed by atoms with E-state index in [-0.39, 0.29) is 0 Å². The molecular formula is C13H12N2O. The summed E-state index contributed by atoms with van der Waals surface area (Å²) in [6.45, 7) is 2.02. The Morgan fingerprint density at radius 3 is 2.50 bits per heavy atom. The van der Waals surface area contributed by atoms with Gasteiger partial charge in [-0.25, -0.2) is 0 Å². The average Bonchev–Trinajstić information content (AvgIpc) is 2.30. The molecule has 0 saturated heterocycles. The highest BCUT2D eigenvalue weighted by Gasteiger charge is 2.09. The minimum atomic E-state index is -0.455. The van der Waals surface area contributed by atoms with Gasteiger partial charge in [-0.15, -0.1) is 0 Å². The summed E-state index contributed by atoms with van der Waals surface area (Å²) < 4.78 is 0. The number of benzene rings is 1. The van der Waals surface area contributed by atoms with Crippen LogP contribution >= 0.6 is 0 Å². The maximum atomic E-state index is 11.2. The summed E-state index contributed by atoms with van der Waals surface area (Å²) in [4.78, 5) is 15.2. The first-order valence-corrected chi connectivity index (χ1v) is 4.99. The summed E-state index contributed by atoms with van der Waals surface area (Å²) in [5.74, 6) is -0.455. The highest BCUT2D eigenvalue weighted by atomic mass is 16.1. The SMILES string of the molecule is Cc1ccc(-c2ccncc2C(N)=O)cc1. The number of amides is 1. The molecular weight excluding hydrogens is 200 g/mol. The van der Waals surface area contributed by atoms with Crippen LogP contribution in [0.15, 0.2) is 42.7 Å². The molecule has 0 aliphatic carbocycles. The first kappa shape index (κ1) is 10.4. The zero-order chi connectivity index (χ0) is 11.5. The van der Waals surface area contributed by atoms with Gasteiger partial charge in [-0.1, -0.05) is 29.8 Å². The van der Waals surface area contributed by atoms with Gasteiger partial charge in [0.1, 0.15) is 0 Å². The van der Waals surface area contributed by atoms with E-state index >= 15 is 0 Å². The lowest BCUT2D eigenvalue weighted by Gasteiger charge is -2.06. The lowest BCUT2D eigenvalue weighted by molar-refractivity contribution is 0.100. The smallest absolute Gasteiger partial charge is 0.250 e. The minimum Gasteiger partial charge on any atom is -0.366 e. The molecule has 1 aromatic carbocycles. The summed E-state index contributed by atoms with van der Waals surface area (Å²) in [7, 11) is 0. The van der Waals surface area contributed by atoms with Crippen LogP contribution < -0.4 is 5.73 Å². The molecule has 0 radical (unpaired) electrons. The topological polar surface area (TPSA) is 56.0 Å². The Labute approximate surface area is 93.9 Å². The second-order valence-electron chi connectivity index (χ2n) is 3.65. The quantitative estimate of drug-likeness (QED) is 0.829. The third kappa shape index (κ3) is 1.93.